The second-order valence-electron chi connectivity index (χ2n) is 6.46. The highest BCUT2D eigenvalue weighted by Crippen LogP contribution is 2.44. The molecule has 1 aliphatic rings. The van der Waals surface area contributed by atoms with Gasteiger partial charge in [-0.15, -0.1) is 10.2 Å². The lowest BCUT2D eigenvalue weighted by Gasteiger charge is -2.15. The monoisotopic (exact) mass is 339 g/mol. The van der Waals surface area contributed by atoms with E-state index >= 15 is 0 Å². The fourth-order valence-electron chi connectivity index (χ4n) is 3.85. The summed E-state index contributed by atoms with van der Waals surface area (Å²) in [7, 11) is 0. The third-order valence-electron chi connectivity index (χ3n) is 5.01. The quantitative estimate of drug-likeness (QED) is 0.583. The van der Waals surface area contributed by atoms with Crippen molar-refractivity contribution in [3.63, 3.8) is 0 Å². The molecule has 7 nitrogen and oxygen atoms in total. The van der Waals surface area contributed by atoms with Crippen LogP contribution in [0, 0.1) is 5.92 Å². The van der Waals surface area contributed by atoms with Gasteiger partial charge in [0.15, 0.2) is 11.3 Å². The highest BCUT2D eigenvalue weighted by atomic mass is 16.5. The number of rotatable bonds is 4. The molecule has 3 aromatic rings. The smallest absolute Gasteiger partial charge is 0.330 e. The van der Waals surface area contributed by atoms with Gasteiger partial charge in [0.05, 0.1) is 18.3 Å². The van der Waals surface area contributed by atoms with Gasteiger partial charge in [0.1, 0.15) is 5.82 Å². The Kier molecular flexibility index (Phi) is 3.99. The molecular formula is C18H21N5O2. The van der Waals surface area contributed by atoms with Gasteiger partial charge >= 0.3 is 5.97 Å². The number of hydrogen-bond acceptors (Lipinski definition) is 5. The maximum absolute atomic E-state index is 11.8. The molecule has 0 aromatic carbocycles. The summed E-state index contributed by atoms with van der Waals surface area (Å²) in [6.45, 7) is 4.40. The molecule has 0 spiro atoms. The molecule has 2 atom stereocenters. The molecule has 1 fully saturated rings. The van der Waals surface area contributed by atoms with E-state index in [9.17, 15) is 4.79 Å². The molecule has 0 amide bonds. The maximum atomic E-state index is 11.8. The average molecular weight is 339 g/mol. The molecule has 0 unspecified atom stereocenters. The van der Waals surface area contributed by atoms with Crippen LogP contribution in [-0.2, 0) is 9.53 Å². The van der Waals surface area contributed by atoms with Crippen LogP contribution in [0.1, 0.15) is 44.9 Å². The van der Waals surface area contributed by atoms with E-state index in [1.807, 2.05) is 19.2 Å². The Morgan fingerprint density at radius 2 is 2.28 bits per heavy atom. The first-order valence-electron chi connectivity index (χ1n) is 8.74. The summed E-state index contributed by atoms with van der Waals surface area (Å²) in [5.41, 5.74) is 3.68. The number of nitrogens with one attached hydrogen (secondary N) is 1. The lowest BCUT2D eigenvalue weighted by atomic mass is 9.93. The molecular weight excluding hydrogens is 318 g/mol. The molecule has 0 radical (unpaired) electrons. The third-order valence-corrected chi connectivity index (χ3v) is 5.01. The van der Waals surface area contributed by atoms with Crippen molar-refractivity contribution >= 4 is 22.8 Å². The number of ether oxygens (including phenoxy) is 1. The summed E-state index contributed by atoms with van der Waals surface area (Å²) in [5.74, 6) is 1.37. The predicted molar refractivity (Wildman–Crippen MR) is 93.1 cm³/mol. The summed E-state index contributed by atoms with van der Waals surface area (Å²) in [4.78, 5) is 19.3. The van der Waals surface area contributed by atoms with Crippen LogP contribution in [0.5, 0.6) is 0 Å². The Balaban J connectivity index is 1.74. The minimum atomic E-state index is -0.253. The maximum Gasteiger partial charge on any atom is 0.330 e. The van der Waals surface area contributed by atoms with Gasteiger partial charge in [0.25, 0.3) is 0 Å². The summed E-state index contributed by atoms with van der Waals surface area (Å²) in [6, 6.07) is 1.99. The fourth-order valence-corrected chi connectivity index (χ4v) is 3.85. The van der Waals surface area contributed by atoms with Gasteiger partial charge in [-0.25, -0.2) is 9.78 Å². The van der Waals surface area contributed by atoms with Crippen molar-refractivity contribution in [3.05, 3.63) is 35.9 Å². The number of aromatic nitrogens is 5. The van der Waals surface area contributed by atoms with Crippen LogP contribution < -0.4 is 0 Å². The first-order chi connectivity index (χ1) is 12.2. The predicted octanol–water partition coefficient (Wildman–Crippen LogP) is 3.00. The molecule has 1 aliphatic carbocycles. The van der Waals surface area contributed by atoms with Crippen LogP contribution >= 0.6 is 0 Å². The van der Waals surface area contributed by atoms with Crippen molar-refractivity contribution in [3.8, 4) is 0 Å². The van der Waals surface area contributed by atoms with Crippen molar-refractivity contribution in [1.82, 2.24) is 24.6 Å². The van der Waals surface area contributed by atoms with E-state index in [2.05, 4.69) is 31.5 Å². The number of aromatic amines is 1. The first-order valence-corrected chi connectivity index (χ1v) is 8.74. The molecule has 0 aliphatic heterocycles. The Bertz CT molecular complexity index is 955. The van der Waals surface area contributed by atoms with Crippen molar-refractivity contribution in [1.29, 1.82) is 0 Å². The van der Waals surface area contributed by atoms with Crippen LogP contribution in [-0.4, -0.2) is 37.1 Å². The third kappa shape index (κ3) is 2.69. The minimum Gasteiger partial charge on any atom is -0.463 e. The molecule has 7 heteroatoms. The van der Waals surface area contributed by atoms with Crippen LogP contribution in [0.25, 0.3) is 16.8 Å². The Morgan fingerprint density at radius 3 is 3.08 bits per heavy atom. The fraction of sp³-hybridized carbons (Fsp3) is 0.444. The molecule has 1 saturated carbocycles. The lowest BCUT2D eigenvalue weighted by Crippen LogP contribution is -2.09. The molecule has 0 saturated heterocycles. The number of hydrogen-bond donors (Lipinski definition) is 1. The molecule has 1 N–H and O–H groups in total. The summed E-state index contributed by atoms with van der Waals surface area (Å²) < 4.78 is 7.14. The molecule has 3 heterocycles. The average Bonchev–Trinajstić information content (AvgIpc) is 3.31. The molecule has 0 bridgehead atoms. The number of allylic oxidation sites excluding steroid dienone is 1. The van der Waals surface area contributed by atoms with E-state index in [0.29, 0.717) is 12.5 Å². The topological polar surface area (TPSA) is 85.2 Å². The summed E-state index contributed by atoms with van der Waals surface area (Å²) in [5, 5.41) is 8.77. The Hall–Kier alpha value is -2.70. The van der Waals surface area contributed by atoms with Crippen molar-refractivity contribution < 1.29 is 9.53 Å². The van der Waals surface area contributed by atoms with Gasteiger partial charge in [-0.3, -0.25) is 4.40 Å². The Morgan fingerprint density at radius 1 is 1.40 bits per heavy atom. The second-order valence-corrected chi connectivity index (χ2v) is 6.46. The lowest BCUT2D eigenvalue weighted by molar-refractivity contribution is -0.137. The largest absolute Gasteiger partial charge is 0.463 e. The van der Waals surface area contributed by atoms with E-state index in [0.717, 1.165) is 47.5 Å². The number of fused-ring (bicyclic) bond motifs is 3. The van der Waals surface area contributed by atoms with Crippen molar-refractivity contribution in [2.24, 2.45) is 5.92 Å². The van der Waals surface area contributed by atoms with Crippen LogP contribution in [0.15, 0.2) is 30.1 Å². The SMILES string of the molecule is CCOC(=O)/C=C1\C[C@@H](CC)[C@@H](c2nnc3cnc4[nH]ccc4n23)C1. The van der Waals surface area contributed by atoms with Gasteiger partial charge in [-0.1, -0.05) is 18.9 Å². The number of carbonyl (C=O) groups is 1. The second kappa shape index (κ2) is 6.31. The van der Waals surface area contributed by atoms with E-state index in [-0.39, 0.29) is 11.9 Å². The summed E-state index contributed by atoms with van der Waals surface area (Å²) in [6.07, 6.45) is 8.01. The van der Waals surface area contributed by atoms with Crippen LogP contribution in [0.2, 0.25) is 0 Å². The first kappa shape index (κ1) is 15.8. The van der Waals surface area contributed by atoms with E-state index in [1.54, 1.807) is 12.3 Å². The molecule has 3 aromatic heterocycles. The normalized spacial score (nSPS) is 22.2. The highest BCUT2D eigenvalue weighted by molar-refractivity contribution is 5.83. The van der Waals surface area contributed by atoms with Crippen LogP contribution in [0.4, 0.5) is 0 Å². The number of esters is 1. The highest BCUT2D eigenvalue weighted by Gasteiger charge is 2.34. The zero-order chi connectivity index (χ0) is 17.4. The molecule has 4 rings (SSSR count). The van der Waals surface area contributed by atoms with E-state index < -0.39 is 0 Å². The Labute approximate surface area is 145 Å². The van der Waals surface area contributed by atoms with Gasteiger partial charge in [0.2, 0.25) is 0 Å². The van der Waals surface area contributed by atoms with Crippen molar-refractivity contribution in [2.45, 2.75) is 39.0 Å². The van der Waals surface area contributed by atoms with Gasteiger partial charge in [-0.05, 0) is 31.7 Å². The van der Waals surface area contributed by atoms with E-state index in [1.165, 1.54) is 0 Å². The number of carbonyl (C=O) groups excluding carboxylic acids is 1. The summed E-state index contributed by atoms with van der Waals surface area (Å²) >= 11 is 0. The standard InChI is InChI=1S/C18H21N5O2/c1-3-12-7-11(9-16(24)25-4-2)8-13(12)18-22-21-15-10-20-17-14(23(15)18)5-6-19-17/h5-6,9-10,12-13,19H,3-4,7-8H2,1-2H3/b11-9+/t12-,13+/m1/s1. The number of H-pyrrole nitrogens is 1. The van der Waals surface area contributed by atoms with Gasteiger partial charge < -0.3 is 9.72 Å². The zero-order valence-electron chi connectivity index (χ0n) is 14.4. The van der Waals surface area contributed by atoms with E-state index in [4.69, 9.17) is 4.74 Å². The number of nitrogens with zero attached hydrogens (tertiary/aromatic N) is 4. The minimum absolute atomic E-state index is 0.237. The van der Waals surface area contributed by atoms with Gasteiger partial charge in [0, 0.05) is 18.2 Å². The van der Waals surface area contributed by atoms with Crippen molar-refractivity contribution in [2.75, 3.05) is 6.61 Å². The van der Waals surface area contributed by atoms with Crippen LogP contribution in [0.3, 0.4) is 0 Å². The van der Waals surface area contributed by atoms with Gasteiger partial charge in [-0.2, -0.15) is 0 Å². The molecule has 25 heavy (non-hydrogen) atoms. The zero-order valence-corrected chi connectivity index (χ0v) is 14.4. The molecule has 130 valence electrons.